The summed E-state index contributed by atoms with van der Waals surface area (Å²) in [6.45, 7) is 1.84. The molecule has 0 heterocycles. The van der Waals surface area contributed by atoms with Crippen molar-refractivity contribution in [2.75, 3.05) is 0 Å². The largest absolute Gasteiger partial charge is 0.481 e. The smallest absolute Gasteiger partial charge is 0.303 e. The third-order valence-corrected chi connectivity index (χ3v) is 0.464. The molecule has 0 aromatic carbocycles. The minimum absolute atomic E-state index is 0. The maximum atomic E-state index is 9.60. The molecule has 0 bridgehead atoms. The summed E-state index contributed by atoms with van der Waals surface area (Å²) in [5.74, 6) is -0.711. The highest BCUT2D eigenvalue weighted by molar-refractivity contribution is 8.93. The van der Waals surface area contributed by atoms with E-state index in [4.69, 9.17) is 5.11 Å². The van der Waals surface area contributed by atoms with Crippen molar-refractivity contribution in [3.05, 3.63) is 0 Å². The van der Waals surface area contributed by atoms with E-state index in [9.17, 15) is 4.79 Å². The van der Waals surface area contributed by atoms with Gasteiger partial charge in [-0.15, -0.1) is 50.9 Å². The fourth-order valence-electron chi connectivity index (χ4n) is 0.214. The number of carboxylic acids is 1. The van der Waals surface area contributed by atoms with Crippen LogP contribution in [0.2, 0.25) is 0 Å². The van der Waals surface area contributed by atoms with Gasteiger partial charge in [-0.25, -0.2) is 0 Å². The van der Waals surface area contributed by atoms with Crippen molar-refractivity contribution in [1.82, 2.24) is 0 Å². The third kappa shape index (κ3) is 27.8. The first-order chi connectivity index (χ1) is 2.77. The summed E-state index contributed by atoms with van der Waals surface area (Å²) in [7, 11) is 0. The second-order valence-corrected chi connectivity index (χ2v) is 1.14. The average Bonchev–Trinajstić information content (AvgIpc) is 1.35. The number of aliphatic carboxylic acids is 1. The maximum absolute atomic E-state index is 9.60. The molecule has 5 heteroatoms. The summed E-state index contributed by atoms with van der Waals surface area (Å²) in [6, 6.07) is 0. The van der Waals surface area contributed by atoms with Gasteiger partial charge in [0.05, 0.1) is 0 Å². The number of hydrogen-bond acceptors (Lipinski definition) is 1. The molecule has 0 rings (SSSR count). The van der Waals surface area contributed by atoms with Gasteiger partial charge in [0.25, 0.3) is 0 Å². The fraction of sp³-hybridized carbons (Fsp3) is 0.750. The lowest BCUT2D eigenvalue weighted by atomic mass is 10.4. The Bertz CT molecular complexity index is 57.8. The van der Waals surface area contributed by atoms with Crippen LogP contribution in [0.1, 0.15) is 19.8 Å². The highest BCUT2D eigenvalue weighted by atomic mass is 79.9. The van der Waals surface area contributed by atoms with E-state index in [-0.39, 0.29) is 50.9 Å². The monoisotopic (exact) mass is 328 g/mol. The zero-order valence-corrected chi connectivity index (χ0v) is 10.1. The molecule has 9 heavy (non-hydrogen) atoms. The fourth-order valence-corrected chi connectivity index (χ4v) is 0.214. The summed E-state index contributed by atoms with van der Waals surface area (Å²) in [4.78, 5) is 9.60. The van der Waals surface area contributed by atoms with Gasteiger partial charge in [-0.3, -0.25) is 4.79 Å². The highest BCUT2D eigenvalue weighted by Crippen LogP contribution is 1.82. The van der Waals surface area contributed by atoms with Crippen LogP contribution in [0.5, 0.6) is 0 Å². The summed E-state index contributed by atoms with van der Waals surface area (Å²) < 4.78 is 0. The van der Waals surface area contributed by atoms with Gasteiger partial charge in [-0.2, -0.15) is 0 Å². The Morgan fingerprint density at radius 2 is 1.67 bits per heavy atom. The minimum atomic E-state index is -0.711. The molecule has 0 radical (unpaired) electrons. The topological polar surface area (TPSA) is 37.3 Å². The van der Waals surface area contributed by atoms with Crippen molar-refractivity contribution >= 4 is 56.9 Å². The first-order valence-electron chi connectivity index (χ1n) is 1.99. The van der Waals surface area contributed by atoms with Crippen molar-refractivity contribution < 1.29 is 9.90 Å². The number of hydrogen-bond donors (Lipinski definition) is 1. The quantitative estimate of drug-likeness (QED) is 0.845. The molecule has 2 nitrogen and oxygen atoms in total. The SMILES string of the molecule is Br.Br.Br.CCCC(=O)O. The van der Waals surface area contributed by atoms with Gasteiger partial charge in [0.2, 0.25) is 0 Å². The van der Waals surface area contributed by atoms with Crippen molar-refractivity contribution in [2.45, 2.75) is 19.8 Å². The first-order valence-corrected chi connectivity index (χ1v) is 1.99. The van der Waals surface area contributed by atoms with Crippen molar-refractivity contribution in [2.24, 2.45) is 0 Å². The van der Waals surface area contributed by atoms with Gasteiger partial charge in [0.15, 0.2) is 0 Å². The van der Waals surface area contributed by atoms with Gasteiger partial charge >= 0.3 is 5.97 Å². The lowest BCUT2D eigenvalue weighted by Crippen LogP contribution is -1.90. The molecule has 0 aliphatic rings. The molecule has 1 N–H and O–H groups in total. The van der Waals surface area contributed by atoms with Gasteiger partial charge < -0.3 is 5.11 Å². The van der Waals surface area contributed by atoms with E-state index in [0.29, 0.717) is 6.42 Å². The van der Waals surface area contributed by atoms with E-state index in [2.05, 4.69) is 0 Å². The van der Waals surface area contributed by atoms with Crippen molar-refractivity contribution in [3.63, 3.8) is 0 Å². The maximum Gasteiger partial charge on any atom is 0.303 e. The molecule has 0 aliphatic heterocycles. The number of halogens is 3. The Hall–Kier alpha value is 0.910. The van der Waals surface area contributed by atoms with E-state index in [1.807, 2.05) is 6.92 Å². The molecule has 0 spiro atoms. The highest BCUT2D eigenvalue weighted by Gasteiger charge is 1.87. The molecule has 0 aromatic heterocycles. The predicted octanol–water partition coefficient (Wildman–Crippen LogP) is 2.60. The van der Waals surface area contributed by atoms with Crippen LogP contribution in [0.3, 0.4) is 0 Å². The molecule has 0 atom stereocenters. The minimum Gasteiger partial charge on any atom is -0.481 e. The summed E-state index contributed by atoms with van der Waals surface area (Å²) in [5, 5.41) is 7.91. The number of rotatable bonds is 2. The molecule has 0 aromatic rings. The second kappa shape index (κ2) is 16.0. The van der Waals surface area contributed by atoms with E-state index >= 15 is 0 Å². The van der Waals surface area contributed by atoms with Crippen LogP contribution in [0.4, 0.5) is 0 Å². The van der Waals surface area contributed by atoms with E-state index in [0.717, 1.165) is 6.42 Å². The lowest BCUT2D eigenvalue weighted by Gasteiger charge is -1.79. The Morgan fingerprint density at radius 3 is 1.67 bits per heavy atom. The molecular formula is C4H11Br3O2. The Balaban J connectivity index is -0.0000000417. The first kappa shape index (κ1) is 22.5. The normalized spacial score (nSPS) is 5.44. The van der Waals surface area contributed by atoms with Gasteiger partial charge in [0.1, 0.15) is 0 Å². The third-order valence-electron chi connectivity index (χ3n) is 0.464. The van der Waals surface area contributed by atoms with Gasteiger partial charge in [-0.1, -0.05) is 6.92 Å². The van der Waals surface area contributed by atoms with Crippen LogP contribution in [0, 0.1) is 0 Å². The molecular weight excluding hydrogens is 320 g/mol. The molecule has 60 valence electrons. The number of carboxylic acid groups (broad SMARTS) is 1. The van der Waals surface area contributed by atoms with E-state index < -0.39 is 5.97 Å². The van der Waals surface area contributed by atoms with E-state index in [1.54, 1.807) is 0 Å². The zero-order chi connectivity index (χ0) is 4.99. The van der Waals surface area contributed by atoms with Crippen LogP contribution in [0.15, 0.2) is 0 Å². The summed E-state index contributed by atoms with van der Waals surface area (Å²) in [6.07, 6.45) is 1.02. The molecule has 0 amide bonds. The zero-order valence-electron chi connectivity index (χ0n) is 4.99. The van der Waals surface area contributed by atoms with Crippen LogP contribution in [-0.2, 0) is 4.79 Å². The lowest BCUT2D eigenvalue weighted by molar-refractivity contribution is -0.137. The van der Waals surface area contributed by atoms with Crippen LogP contribution >= 0.6 is 50.9 Å². The second-order valence-electron chi connectivity index (χ2n) is 1.14. The van der Waals surface area contributed by atoms with Gasteiger partial charge in [-0.05, 0) is 6.42 Å². The Labute approximate surface area is 86.3 Å². The van der Waals surface area contributed by atoms with Crippen LogP contribution in [0.25, 0.3) is 0 Å². The average molecular weight is 331 g/mol. The molecule has 0 unspecified atom stereocenters. The standard InChI is InChI=1S/C4H8O2.3BrH/c1-2-3-4(5)6;;;/h2-3H2,1H3,(H,5,6);3*1H. The molecule has 0 saturated heterocycles. The van der Waals surface area contributed by atoms with E-state index in [1.165, 1.54) is 0 Å². The van der Waals surface area contributed by atoms with Crippen LogP contribution < -0.4 is 0 Å². The van der Waals surface area contributed by atoms with Gasteiger partial charge in [0, 0.05) is 6.42 Å². The Morgan fingerprint density at radius 1 is 1.33 bits per heavy atom. The molecule has 0 aliphatic carbocycles. The molecule has 0 fully saturated rings. The Kier molecular flexibility index (Phi) is 39.9. The van der Waals surface area contributed by atoms with Crippen molar-refractivity contribution in [1.29, 1.82) is 0 Å². The molecule has 0 saturated carbocycles. The summed E-state index contributed by atoms with van der Waals surface area (Å²) >= 11 is 0. The summed E-state index contributed by atoms with van der Waals surface area (Å²) in [5.41, 5.74) is 0. The van der Waals surface area contributed by atoms with Crippen molar-refractivity contribution in [3.8, 4) is 0 Å². The number of carbonyl (C=O) groups is 1. The van der Waals surface area contributed by atoms with Crippen LogP contribution in [-0.4, -0.2) is 11.1 Å². The predicted molar refractivity (Wildman–Crippen MR) is 53.5 cm³/mol.